The Morgan fingerprint density at radius 3 is 2.45 bits per heavy atom. The lowest BCUT2D eigenvalue weighted by Gasteiger charge is -2.22. The van der Waals surface area contributed by atoms with Gasteiger partial charge in [0.1, 0.15) is 17.4 Å². The maximum Gasteiger partial charge on any atom is 0.336 e. The van der Waals surface area contributed by atoms with E-state index < -0.39 is 29.6 Å². The van der Waals surface area contributed by atoms with E-state index >= 15 is 0 Å². The Kier molecular flexibility index (Phi) is 6.74. The number of carbonyl (C=O) groups is 2. The van der Waals surface area contributed by atoms with Gasteiger partial charge in [-0.05, 0) is 36.1 Å². The topological polar surface area (TPSA) is 106 Å². The third kappa shape index (κ3) is 5.12. The number of amides is 1. The first-order chi connectivity index (χ1) is 14.8. The van der Waals surface area contributed by atoms with E-state index in [1.165, 1.54) is 13.0 Å². The van der Waals surface area contributed by atoms with Gasteiger partial charge in [0.2, 0.25) is 0 Å². The number of carboxylic acids is 1. The van der Waals surface area contributed by atoms with Gasteiger partial charge in [0, 0.05) is 17.5 Å². The maximum absolute atomic E-state index is 12.5. The second-order valence-corrected chi connectivity index (χ2v) is 7.47. The summed E-state index contributed by atoms with van der Waals surface area (Å²) in [6.45, 7) is 5.16. The van der Waals surface area contributed by atoms with E-state index in [1.54, 1.807) is 25.1 Å². The molecule has 0 fully saturated rings. The predicted octanol–water partition coefficient (Wildman–Crippen LogP) is 3.84. The van der Waals surface area contributed by atoms with Crippen LogP contribution in [0.4, 0.5) is 0 Å². The van der Waals surface area contributed by atoms with Crippen molar-refractivity contribution in [2.24, 2.45) is 5.92 Å². The number of nitrogens with one attached hydrogen (secondary N) is 1. The molecule has 0 aliphatic rings. The maximum atomic E-state index is 12.5. The van der Waals surface area contributed by atoms with E-state index in [9.17, 15) is 19.5 Å². The van der Waals surface area contributed by atoms with Crippen molar-refractivity contribution in [3.05, 3.63) is 65.0 Å². The zero-order chi connectivity index (χ0) is 22.5. The summed E-state index contributed by atoms with van der Waals surface area (Å²) >= 11 is 0. The highest BCUT2D eigenvalue weighted by atomic mass is 16.5. The molecule has 0 bridgehead atoms. The Hall–Kier alpha value is -3.61. The van der Waals surface area contributed by atoms with Gasteiger partial charge in [-0.15, -0.1) is 0 Å². The molecule has 7 nitrogen and oxygen atoms in total. The molecule has 1 amide bonds. The number of rotatable bonds is 8. The van der Waals surface area contributed by atoms with E-state index in [2.05, 4.69) is 5.32 Å². The van der Waals surface area contributed by atoms with Crippen molar-refractivity contribution < 1.29 is 23.8 Å². The standard InChI is InChI=1S/C24H25NO6/c1-4-14(2)22(24(28)29)25-23(27)15(3)30-17-10-11-18-19(16-8-6-5-7-9-16)13-21(26)31-20(18)12-17/h5-15,22H,4H2,1-3H3,(H,25,27)(H,28,29). The molecule has 162 valence electrons. The quantitative estimate of drug-likeness (QED) is 0.533. The third-order valence-corrected chi connectivity index (χ3v) is 5.26. The molecule has 0 saturated heterocycles. The van der Waals surface area contributed by atoms with E-state index in [-0.39, 0.29) is 5.92 Å². The lowest BCUT2D eigenvalue weighted by Crippen LogP contribution is -2.49. The molecule has 0 saturated carbocycles. The second-order valence-electron chi connectivity index (χ2n) is 7.47. The highest BCUT2D eigenvalue weighted by molar-refractivity contribution is 5.94. The van der Waals surface area contributed by atoms with Gasteiger partial charge in [-0.3, -0.25) is 4.79 Å². The summed E-state index contributed by atoms with van der Waals surface area (Å²) in [6, 6.07) is 14.9. The first kappa shape index (κ1) is 22.1. The van der Waals surface area contributed by atoms with Gasteiger partial charge in [-0.1, -0.05) is 50.6 Å². The molecule has 31 heavy (non-hydrogen) atoms. The molecular weight excluding hydrogens is 398 g/mol. The van der Waals surface area contributed by atoms with Crippen LogP contribution >= 0.6 is 0 Å². The van der Waals surface area contributed by atoms with Gasteiger partial charge < -0.3 is 19.6 Å². The summed E-state index contributed by atoms with van der Waals surface area (Å²) < 4.78 is 11.0. The van der Waals surface area contributed by atoms with E-state index in [1.807, 2.05) is 37.3 Å². The van der Waals surface area contributed by atoms with Crippen LogP contribution in [0.15, 0.2) is 63.8 Å². The van der Waals surface area contributed by atoms with Crippen LogP contribution in [0.3, 0.4) is 0 Å². The molecule has 2 N–H and O–H groups in total. The zero-order valence-electron chi connectivity index (χ0n) is 17.6. The van der Waals surface area contributed by atoms with Crippen molar-refractivity contribution in [3.63, 3.8) is 0 Å². The molecule has 3 atom stereocenters. The summed E-state index contributed by atoms with van der Waals surface area (Å²) in [5.74, 6) is -1.51. The Morgan fingerprint density at radius 1 is 1.10 bits per heavy atom. The minimum atomic E-state index is -1.09. The van der Waals surface area contributed by atoms with Gasteiger partial charge in [-0.2, -0.15) is 0 Å². The lowest BCUT2D eigenvalue weighted by molar-refractivity contribution is -0.144. The van der Waals surface area contributed by atoms with Crippen LogP contribution in [0.25, 0.3) is 22.1 Å². The fourth-order valence-electron chi connectivity index (χ4n) is 3.28. The van der Waals surface area contributed by atoms with Gasteiger partial charge in [0.25, 0.3) is 5.91 Å². The van der Waals surface area contributed by atoms with Crippen molar-refractivity contribution in [2.45, 2.75) is 39.3 Å². The Balaban J connectivity index is 1.83. The highest BCUT2D eigenvalue weighted by Gasteiger charge is 2.28. The third-order valence-electron chi connectivity index (χ3n) is 5.26. The minimum absolute atomic E-state index is 0.222. The van der Waals surface area contributed by atoms with E-state index in [0.29, 0.717) is 17.8 Å². The molecule has 0 aliphatic heterocycles. The number of hydrogen-bond acceptors (Lipinski definition) is 5. The van der Waals surface area contributed by atoms with Gasteiger partial charge in [0.15, 0.2) is 6.10 Å². The monoisotopic (exact) mass is 423 g/mol. The Labute approximate surface area is 179 Å². The molecule has 3 unspecified atom stereocenters. The zero-order valence-corrected chi connectivity index (χ0v) is 17.6. The van der Waals surface area contributed by atoms with Crippen LogP contribution in [0.1, 0.15) is 27.2 Å². The number of carboxylic acid groups (broad SMARTS) is 1. The Morgan fingerprint density at radius 2 is 1.81 bits per heavy atom. The minimum Gasteiger partial charge on any atom is -0.481 e. The number of aliphatic carboxylic acids is 1. The summed E-state index contributed by atoms with van der Waals surface area (Å²) in [5.41, 5.74) is 1.46. The summed E-state index contributed by atoms with van der Waals surface area (Å²) in [5, 5.41) is 12.6. The van der Waals surface area contributed by atoms with Crippen molar-refractivity contribution >= 4 is 22.8 Å². The van der Waals surface area contributed by atoms with Crippen LogP contribution < -0.4 is 15.7 Å². The van der Waals surface area contributed by atoms with Crippen LogP contribution in [-0.4, -0.2) is 29.1 Å². The molecule has 0 aliphatic carbocycles. The van der Waals surface area contributed by atoms with Crippen LogP contribution in [0.5, 0.6) is 5.75 Å². The number of ether oxygens (including phenoxy) is 1. The summed E-state index contributed by atoms with van der Waals surface area (Å²) in [7, 11) is 0. The molecule has 1 heterocycles. The van der Waals surface area contributed by atoms with Crippen molar-refractivity contribution in [3.8, 4) is 16.9 Å². The number of benzene rings is 2. The molecule has 7 heteroatoms. The molecule has 3 aromatic rings. The van der Waals surface area contributed by atoms with Crippen LogP contribution in [-0.2, 0) is 9.59 Å². The molecular formula is C24H25NO6. The van der Waals surface area contributed by atoms with Gasteiger partial charge >= 0.3 is 11.6 Å². The molecule has 3 rings (SSSR count). The second kappa shape index (κ2) is 9.47. The summed E-state index contributed by atoms with van der Waals surface area (Å²) in [4.78, 5) is 36.0. The largest absolute Gasteiger partial charge is 0.481 e. The van der Waals surface area contributed by atoms with E-state index in [0.717, 1.165) is 16.5 Å². The van der Waals surface area contributed by atoms with Crippen molar-refractivity contribution in [2.75, 3.05) is 0 Å². The average molecular weight is 423 g/mol. The number of fused-ring (bicyclic) bond motifs is 1. The first-order valence-electron chi connectivity index (χ1n) is 10.1. The molecule has 0 spiro atoms. The Bertz CT molecular complexity index is 1140. The normalized spacial score (nSPS) is 13.9. The SMILES string of the molecule is CCC(C)C(NC(=O)C(C)Oc1ccc2c(-c3ccccc3)cc(=O)oc2c1)C(=O)O. The number of carbonyl (C=O) groups excluding carboxylic acids is 1. The number of hydrogen-bond donors (Lipinski definition) is 2. The van der Waals surface area contributed by atoms with E-state index in [4.69, 9.17) is 9.15 Å². The fraction of sp³-hybridized carbons (Fsp3) is 0.292. The average Bonchev–Trinajstić information content (AvgIpc) is 2.76. The fourth-order valence-corrected chi connectivity index (χ4v) is 3.28. The molecule has 0 radical (unpaired) electrons. The van der Waals surface area contributed by atoms with Crippen LogP contribution in [0, 0.1) is 5.92 Å². The summed E-state index contributed by atoms with van der Waals surface area (Å²) in [6.07, 6.45) is -0.327. The van der Waals surface area contributed by atoms with Gasteiger partial charge in [-0.25, -0.2) is 9.59 Å². The molecule has 1 aromatic heterocycles. The highest BCUT2D eigenvalue weighted by Crippen LogP contribution is 2.29. The lowest BCUT2D eigenvalue weighted by atomic mass is 9.99. The first-order valence-corrected chi connectivity index (χ1v) is 10.1. The smallest absolute Gasteiger partial charge is 0.336 e. The van der Waals surface area contributed by atoms with Crippen LogP contribution in [0.2, 0.25) is 0 Å². The van der Waals surface area contributed by atoms with Crippen molar-refractivity contribution in [1.82, 2.24) is 5.32 Å². The van der Waals surface area contributed by atoms with Gasteiger partial charge in [0.05, 0.1) is 0 Å². The molecule has 2 aromatic carbocycles. The van der Waals surface area contributed by atoms with Crippen molar-refractivity contribution in [1.29, 1.82) is 0 Å². The predicted molar refractivity (Wildman–Crippen MR) is 117 cm³/mol.